The summed E-state index contributed by atoms with van der Waals surface area (Å²) in [5.74, 6) is 0.465. The highest BCUT2D eigenvalue weighted by molar-refractivity contribution is 6.00. The molecule has 1 aliphatic rings. The van der Waals surface area contributed by atoms with Crippen molar-refractivity contribution in [2.24, 2.45) is 0 Å². The van der Waals surface area contributed by atoms with Gasteiger partial charge in [-0.2, -0.15) is 4.98 Å². The second-order valence-corrected chi connectivity index (χ2v) is 5.25. The highest BCUT2D eigenvalue weighted by Gasteiger charge is 2.31. The van der Waals surface area contributed by atoms with Crippen LogP contribution in [0.25, 0.3) is 0 Å². The predicted molar refractivity (Wildman–Crippen MR) is 78.0 cm³/mol. The van der Waals surface area contributed by atoms with Crippen LogP contribution in [0.1, 0.15) is 16.9 Å². The first-order valence-corrected chi connectivity index (χ1v) is 6.94. The van der Waals surface area contributed by atoms with E-state index in [9.17, 15) is 4.79 Å². The minimum atomic E-state index is -0.242. The van der Waals surface area contributed by atoms with Crippen LogP contribution in [0.5, 0.6) is 11.8 Å². The maximum atomic E-state index is 12.8. The highest BCUT2D eigenvalue weighted by Crippen LogP contribution is 2.20. The number of likely N-dealkylation sites (N-methyl/N-ethyl adjacent to an activating group) is 2. The SMILES string of the molecule is COc1cnc(C(=O)C2CN(C)CCCN2C)c(OC)n1. The number of rotatable bonds is 4. The van der Waals surface area contributed by atoms with Crippen molar-refractivity contribution in [3.05, 3.63) is 11.9 Å². The van der Waals surface area contributed by atoms with Crippen LogP contribution in [-0.4, -0.2) is 79.5 Å². The molecule has 0 aliphatic carbocycles. The Balaban J connectivity index is 2.29. The van der Waals surface area contributed by atoms with E-state index >= 15 is 0 Å². The number of hydrogen-bond donors (Lipinski definition) is 0. The molecule has 1 aliphatic heterocycles. The van der Waals surface area contributed by atoms with Gasteiger partial charge in [0.15, 0.2) is 5.69 Å². The lowest BCUT2D eigenvalue weighted by Gasteiger charge is -2.26. The van der Waals surface area contributed by atoms with E-state index in [2.05, 4.69) is 19.8 Å². The van der Waals surface area contributed by atoms with Crippen LogP contribution in [0, 0.1) is 0 Å². The molecule has 1 atom stereocenters. The average Bonchev–Trinajstić information content (AvgIpc) is 2.67. The van der Waals surface area contributed by atoms with Crippen LogP contribution in [-0.2, 0) is 0 Å². The Morgan fingerprint density at radius 1 is 1.29 bits per heavy atom. The molecule has 1 fully saturated rings. The van der Waals surface area contributed by atoms with E-state index in [1.54, 1.807) is 0 Å². The van der Waals surface area contributed by atoms with Crippen molar-refractivity contribution in [1.82, 2.24) is 19.8 Å². The monoisotopic (exact) mass is 294 g/mol. The number of methoxy groups -OCH3 is 2. The fourth-order valence-electron chi connectivity index (χ4n) is 2.48. The molecule has 0 amide bonds. The molecule has 0 spiro atoms. The predicted octanol–water partition coefficient (Wildman–Crippen LogP) is 0.312. The Labute approximate surface area is 124 Å². The minimum Gasteiger partial charge on any atom is -0.480 e. The zero-order chi connectivity index (χ0) is 15.4. The molecular weight excluding hydrogens is 272 g/mol. The van der Waals surface area contributed by atoms with Gasteiger partial charge in [0.05, 0.1) is 26.5 Å². The third-order valence-electron chi connectivity index (χ3n) is 3.72. The number of carbonyl (C=O) groups excluding carboxylic acids is 1. The van der Waals surface area contributed by atoms with E-state index in [-0.39, 0.29) is 23.4 Å². The number of ketones is 1. The summed E-state index contributed by atoms with van der Waals surface area (Å²) in [5, 5.41) is 0. The zero-order valence-corrected chi connectivity index (χ0v) is 13.0. The first kappa shape index (κ1) is 15.7. The molecule has 7 nitrogen and oxygen atoms in total. The summed E-state index contributed by atoms with van der Waals surface area (Å²) < 4.78 is 10.2. The Morgan fingerprint density at radius 2 is 2.05 bits per heavy atom. The van der Waals surface area contributed by atoms with Crippen LogP contribution in [0.4, 0.5) is 0 Å². The standard InChI is InChI=1S/C14H22N4O3/c1-17-6-5-7-18(2)10(9-17)13(19)12-14(21-4)16-11(20-3)8-15-12/h8,10H,5-7,9H2,1-4H3. The van der Waals surface area contributed by atoms with Crippen molar-refractivity contribution in [3.63, 3.8) is 0 Å². The zero-order valence-electron chi connectivity index (χ0n) is 13.0. The van der Waals surface area contributed by atoms with Crippen molar-refractivity contribution in [2.45, 2.75) is 12.5 Å². The van der Waals surface area contributed by atoms with E-state index in [4.69, 9.17) is 9.47 Å². The normalized spacial score (nSPS) is 20.9. The molecule has 0 bridgehead atoms. The summed E-state index contributed by atoms with van der Waals surface area (Å²) in [6.07, 6.45) is 2.48. The van der Waals surface area contributed by atoms with E-state index in [0.29, 0.717) is 12.4 Å². The Hall–Kier alpha value is -1.73. The van der Waals surface area contributed by atoms with E-state index in [1.807, 2.05) is 14.1 Å². The number of Topliss-reactive ketones (excluding diaryl/α,β-unsaturated/α-hetero) is 1. The molecule has 0 N–H and O–H groups in total. The van der Waals surface area contributed by atoms with Gasteiger partial charge in [-0.1, -0.05) is 0 Å². The summed E-state index contributed by atoms with van der Waals surface area (Å²) >= 11 is 0. The molecule has 1 aromatic heterocycles. The molecular formula is C14H22N4O3. The van der Waals surface area contributed by atoms with Gasteiger partial charge in [0, 0.05) is 6.54 Å². The maximum Gasteiger partial charge on any atom is 0.246 e. The van der Waals surface area contributed by atoms with Crippen molar-refractivity contribution in [1.29, 1.82) is 0 Å². The van der Waals surface area contributed by atoms with Gasteiger partial charge in [-0.15, -0.1) is 0 Å². The Kier molecular flexibility index (Phi) is 5.08. The van der Waals surface area contributed by atoms with Gasteiger partial charge in [0.1, 0.15) is 0 Å². The number of carbonyl (C=O) groups is 1. The third kappa shape index (κ3) is 3.48. The first-order valence-electron chi connectivity index (χ1n) is 6.94. The van der Waals surface area contributed by atoms with Crippen molar-refractivity contribution < 1.29 is 14.3 Å². The number of hydrogen-bond acceptors (Lipinski definition) is 7. The molecule has 0 saturated carbocycles. The molecule has 116 valence electrons. The maximum absolute atomic E-state index is 12.8. The van der Waals surface area contributed by atoms with Crippen molar-refractivity contribution >= 4 is 5.78 Å². The Bertz CT molecular complexity index is 509. The molecule has 1 saturated heterocycles. The molecule has 1 aromatic rings. The summed E-state index contributed by atoms with van der Waals surface area (Å²) in [6.45, 7) is 2.54. The summed E-state index contributed by atoms with van der Waals surface area (Å²) in [4.78, 5) is 25.3. The second kappa shape index (κ2) is 6.82. The van der Waals surface area contributed by atoms with Gasteiger partial charge in [-0.3, -0.25) is 9.69 Å². The van der Waals surface area contributed by atoms with E-state index in [1.165, 1.54) is 20.4 Å². The van der Waals surface area contributed by atoms with Crippen LogP contribution < -0.4 is 9.47 Å². The fourth-order valence-corrected chi connectivity index (χ4v) is 2.48. The fraction of sp³-hybridized carbons (Fsp3) is 0.643. The number of nitrogens with zero attached hydrogens (tertiary/aromatic N) is 4. The van der Waals surface area contributed by atoms with Gasteiger partial charge in [-0.05, 0) is 33.6 Å². The van der Waals surface area contributed by atoms with E-state index in [0.717, 1.165) is 19.5 Å². The molecule has 2 rings (SSSR count). The van der Waals surface area contributed by atoms with Crippen molar-refractivity contribution in [2.75, 3.05) is 47.9 Å². The van der Waals surface area contributed by atoms with Gasteiger partial charge in [-0.25, -0.2) is 4.98 Å². The lowest BCUT2D eigenvalue weighted by molar-refractivity contribution is 0.0829. The molecule has 21 heavy (non-hydrogen) atoms. The summed E-state index contributed by atoms with van der Waals surface area (Å²) in [7, 11) is 6.96. The Morgan fingerprint density at radius 3 is 2.71 bits per heavy atom. The summed E-state index contributed by atoms with van der Waals surface area (Å²) in [6, 6.07) is -0.242. The number of aromatic nitrogens is 2. The van der Waals surface area contributed by atoms with Crippen LogP contribution in [0.3, 0.4) is 0 Å². The second-order valence-electron chi connectivity index (χ2n) is 5.25. The highest BCUT2D eigenvalue weighted by atomic mass is 16.5. The van der Waals surface area contributed by atoms with E-state index < -0.39 is 0 Å². The van der Waals surface area contributed by atoms with Gasteiger partial charge >= 0.3 is 0 Å². The lowest BCUT2D eigenvalue weighted by Crippen LogP contribution is -2.44. The minimum absolute atomic E-state index is 0.0711. The topological polar surface area (TPSA) is 67.8 Å². The average molecular weight is 294 g/mol. The molecule has 7 heteroatoms. The van der Waals surface area contributed by atoms with Crippen LogP contribution in [0.2, 0.25) is 0 Å². The third-order valence-corrected chi connectivity index (χ3v) is 3.72. The van der Waals surface area contributed by atoms with Crippen LogP contribution >= 0.6 is 0 Å². The van der Waals surface area contributed by atoms with Gasteiger partial charge in [0.2, 0.25) is 17.5 Å². The van der Waals surface area contributed by atoms with Gasteiger partial charge < -0.3 is 14.4 Å². The smallest absolute Gasteiger partial charge is 0.246 e. The van der Waals surface area contributed by atoms with Crippen molar-refractivity contribution in [3.8, 4) is 11.8 Å². The lowest BCUT2D eigenvalue weighted by atomic mass is 10.1. The van der Waals surface area contributed by atoms with Gasteiger partial charge in [0.25, 0.3) is 0 Å². The largest absolute Gasteiger partial charge is 0.480 e. The number of ether oxygens (including phenoxy) is 2. The molecule has 2 heterocycles. The first-order chi connectivity index (χ1) is 10.1. The molecule has 0 radical (unpaired) electrons. The quantitative estimate of drug-likeness (QED) is 0.740. The summed E-state index contributed by atoms with van der Waals surface area (Å²) in [5.41, 5.74) is 0.255. The molecule has 0 aromatic carbocycles. The molecule has 1 unspecified atom stereocenters. The van der Waals surface area contributed by atoms with Crippen LogP contribution in [0.15, 0.2) is 6.20 Å².